The van der Waals surface area contributed by atoms with E-state index in [2.05, 4.69) is 103 Å². The second-order valence-corrected chi connectivity index (χ2v) is 14.1. The van der Waals surface area contributed by atoms with Crippen molar-refractivity contribution in [1.82, 2.24) is 0 Å². The molecule has 302 valence electrons. The Labute approximate surface area is 320 Å². The number of hydrogen-bond acceptors (Lipinski definition) is 8. The molecule has 3 unspecified atom stereocenters. The summed E-state index contributed by atoms with van der Waals surface area (Å²) in [5.41, 5.74) is 5.34. The van der Waals surface area contributed by atoms with Gasteiger partial charge < -0.3 is 25.2 Å². The van der Waals surface area contributed by atoms with Crippen molar-refractivity contribution in [2.45, 2.75) is 142 Å². The van der Waals surface area contributed by atoms with Crippen molar-refractivity contribution in [3.63, 3.8) is 0 Å². The summed E-state index contributed by atoms with van der Waals surface area (Å²) in [4.78, 5) is 33.4. The highest BCUT2D eigenvalue weighted by molar-refractivity contribution is 7.47. The zero-order chi connectivity index (χ0) is 39.1. The summed E-state index contributed by atoms with van der Waals surface area (Å²) in [7, 11) is -4.63. The molecule has 0 radical (unpaired) electrons. The number of allylic oxidation sites excluding steroid dienone is 14. The van der Waals surface area contributed by atoms with Crippen molar-refractivity contribution in [2.75, 3.05) is 26.4 Å². The van der Waals surface area contributed by atoms with Gasteiger partial charge in [0.2, 0.25) is 0 Å². The second kappa shape index (κ2) is 37.5. The number of carbonyl (C=O) groups excluding carboxylic acids is 1. The molecule has 0 saturated heterocycles. The van der Waals surface area contributed by atoms with E-state index in [9.17, 15) is 19.0 Å². The van der Waals surface area contributed by atoms with Crippen LogP contribution < -0.4 is 5.73 Å². The molecule has 0 bridgehead atoms. The Morgan fingerprint density at radius 2 is 1.04 bits per heavy atom. The number of ether oxygens (including phenoxy) is 2. The molecule has 3 atom stereocenters. The first-order valence-corrected chi connectivity index (χ1v) is 21.1. The lowest BCUT2D eigenvalue weighted by Gasteiger charge is -2.20. The number of hydrogen-bond donors (Lipinski definition) is 3. The van der Waals surface area contributed by atoms with Gasteiger partial charge in [-0.05, 0) is 83.5 Å². The van der Waals surface area contributed by atoms with Crippen LogP contribution in [0.5, 0.6) is 0 Å². The maximum atomic E-state index is 12.6. The largest absolute Gasteiger partial charge is 0.480 e. The van der Waals surface area contributed by atoms with Crippen LogP contribution in [0.1, 0.15) is 129 Å². The summed E-state index contributed by atoms with van der Waals surface area (Å²) in [5, 5.41) is 8.87. The Hall–Kier alpha value is -2.85. The highest BCUT2D eigenvalue weighted by atomic mass is 31.2. The van der Waals surface area contributed by atoms with E-state index in [1.807, 2.05) is 0 Å². The van der Waals surface area contributed by atoms with Gasteiger partial charge in [-0.1, -0.05) is 125 Å². The Morgan fingerprint density at radius 1 is 0.604 bits per heavy atom. The molecule has 0 amide bonds. The fourth-order valence-electron chi connectivity index (χ4n) is 4.67. The van der Waals surface area contributed by atoms with Gasteiger partial charge in [-0.2, -0.15) is 0 Å². The predicted molar refractivity (Wildman–Crippen MR) is 216 cm³/mol. The maximum Gasteiger partial charge on any atom is 0.472 e. The molecule has 0 aliphatic carbocycles. The summed E-state index contributed by atoms with van der Waals surface area (Å²) in [5.74, 6) is -1.82. The van der Waals surface area contributed by atoms with Crippen LogP contribution >= 0.6 is 7.82 Å². The fraction of sp³-hybridized carbons (Fsp3) is 0.619. The van der Waals surface area contributed by atoms with E-state index < -0.39 is 45.1 Å². The van der Waals surface area contributed by atoms with Gasteiger partial charge in [-0.25, -0.2) is 4.57 Å². The van der Waals surface area contributed by atoms with Crippen LogP contribution in [0.4, 0.5) is 0 Å². The van der Waals surface area contributed by atoms with Gasteiger partial charge in [-0.15, -0.1) is 0 Å². The molecule has 53 heavy (non-hydrogen) atoms. The van der Waals surface area contributed by atoms with E-state index in [1.54, 1.807) is 0 Å². The molecule has 0 spiro atoms. The fourth-order valence-corrected chi connectivity index (χ4v) is 5.44. The molecular formula is C42H70NO9P. The van der Waals surface area contributed by atoms with Crippen molar-refractivity contribution >= 4 is 19.8 Å². The zero-order valence-corrected chi connectivity index (χ0v) is 33.5. The topological polar surface area (TPSA) is 155 Å². The van der Waals surface area contributed by atoms with Crippen LogP contribution in [0.2, 0.25) is 0 Å². The number of nitrogens with two attached hydrogens (primary N) is 1. The third-order valence-corrected chi connectivity index (χ3v) is 8.62. The zero-order valence-electron chi connectivity index (χ0n) is 32.6. The van der Waals surface area contributed by atoms with Crippen molar-refractivity contribution in [2.24, 2.45) is 5.73 Å². The third-order valence-electron chi connectivity index (χ3n) is 7.67. The molecule has 0 aliphatic heterocycles. The molecule has 0 aromatic carbocycles. The quantitative estimate of drug-likeness (QED) is 0.0243. The molecule has 0 aliphatic rings. The van der Waals surface area contributed by atoms with Crippen molar-refractivity contribution < 1.29 is 42.7 Å². The molecular weight excluding hydrogens is 693 g/mol. The van der Waals surface area contributed by atoms with Gasteiger partial charge in [0.05, 0.1) is 19.8 Å². The van der Waals surface area contributed by atoms with E-state index in [0.717, 1.165) is 103 Å². The smallest absolute Gasteiger partial charge is 0.472 e. The molecule has 0 saturated carbocycles. The van der Waals surface area contributed by atoms with Crippen LogP contribution in [0, 0.1) is 0 Å². The minimum absolute atomic E-state index is 0.0141. The third kappa shape index (κ3) is 37.3. The molecule has 0 heterocycles. The summed E-state index contributed by atoms with van der Waals surface area (Å²) >= 11 is 0. The number of phosphoric ester groups is 1. The summed E-state index contributed by atoms with van der Waals surface area (Å²) in [6.45, 7) is 3.53. The summed E-state index contributed by atoms with van der Waals surface area (Å²) in [6.07, 6.45) is 46.4. The number of aliphatic carboxylic acids is 1. The van der Waals surface area contributed by atoms with Crippen LogP contribution in [0.25, 0.3) is 0 Å². The van der Waals surface area contributed by atoms with E-state index in [0.29, 0.717) is 13.0 Å². The predicted octanol–water partition coefficient (Wildman–Crippen LogP) is 10.4. The van der Waals surface area contributed by atoms with Gasteiger partial charge in [0.1, 0.15) is 12.1 Å². The SMILES string of the molecule is CC/C=C\C/C=C\C/C=C\C/C=C\CCCCCCC(=O)OC(COCCCCCC/C=C\C/C=C\C/C=C\CC)COP(=O)(O)OCC(N)C(=O)O. The monoisotopic (exact) mass is 763 g/mol. The molecule has 0 aromatic heterocycles. The second-order valence-electron chi connectivity index (χ2n) is 12.6. The lowest BCUT2D eigenvalue weighted by molar-refractivity contribution is -0.154. The Balaban J connectivity index is 4.40. The molecule has 0 rings (SSSR count). The van der Waals surface area contributed by atoms with Gasteiger partial charge in [0.25, 0.3) is 0 Å². The molecule has 4 N–H and O–H groups in total. The van der Waals surface area contributed by atoms with Gasteiger partial charge in [0, 0.05) is 13.0 Å². The highest BCUT2D eigenvalue weighted by Gasteiger charge is 2.27. The standard InChI is InChI=1S/C42H70NO9P/c1-3-5-7-9-11-13-15-17-19-20-21-22-24-26-28-30-32-34-41(44)52-39(37-50-53(47,48)51-38-40(43)42(45)46)36-49-35-33-31-29-27-25-23-18-16-14-12-10-8-6-4-2/h5-8,11-14,17-19,21-23,39-40H,3-4,9-10,15-16,20,24-38,43H2,1-2H3,(H,45,46)(H,47,48)/b7-5-,8-6-,13-11-,14-12-,19-17-,22-21-,23-18-. The van der Waals surface area contributed by atoms with Gasteiger partial charge >= 0.3 is 19.8 Å². The van der Waals surface area contributed by atoms with E-state index in [1.165, 1.54) is 0 Å². The van der Waals surface area contributed by atoms with Crippen LogP contribution in [0.3, 0.4) is 0 Å². The van der Waals surface area contributed by atoms with E-state index >= 15 is 0 Å². The van der Waals surface area contributed by atoms with Gasteiger partial charge in [-0.3, -0.25) is 18.6 Å². The number of carboxylic acid groups (broad SMARTS) is 1. The minimum Gasteiger partial charge on any atom is -0.480 e. The van der Waals surface area contributed by atoms with Crippen molar-refractivity contribution in [3.05, 3.63) is 85.1 Å². The number of carboxylic acids is 1. The highest BCUT2D eigenvalue weighted by Crippen LogP contribution is 2.43. The average Bonchev–Trinajstić information content (AvgIpc) is 3.13. The number of phosphoric acid groups is 1. The summed E-state index contributed by atoms with van der Waals surface area (Å²) in [6, 6.07) is -1.49. The lowest BCUT2D eigenvalue weighted by atomic mass is 10.1. The van der Waals surface area contributed by atoms with Gasteiger partial charge in [0.15, 0.2) is 0 Å². The van der Waals surface area contributed by atoms with Crippen LogP contribution in [-0.4, -0.2) is 60.5 Å². The van der Waals surface area contributed by atoms with E-state index in [4.69, 9.17) is 24.8 Å². The number of carbonyl (C=O) groups is 2. The Bertz CT molecular complexity index is 1160. The lowest BCUT2D eigenvalue weighted by Crippen LogP contribution is -2.34. The number of rotatable bonds is 36. The first-order valence-electron chi connectivity index (χ1n) is 19.6. The average molecular weight is 764 g/mol. The normalized spacial score (nSPS) is 14.9. The Kier molecular flexibility index (Phi) is 35.5. The molecule has 0 fully saturated rings. The number of esters is 1. The molecule has 10 nitrogen and oxygen atoms in total. The Morgan fingerprint density at radius 3 is 1.53 bits per heavy atom. The van der Waals surface area contributed by atoms with Crippen LogP contribution in [0.15, 0.2) is 85.1 Å². The maximum absolute atomic E-state index is 12.6. The number of unbranched alkanes of at least 4 members (excludes halogenated alkanes) is 8. The van der Waals surface area contributed by atoms with Crippen molar-refractivity contribution in [1.29, 1.82) is 0 Å². The van der Waals surface area contributed by atoms with Crippen molar-refractivity contribution in [3.8, 4) is 0 Å². The van der Waals surface area contributed by atoms with Crippen LogP contribution in [-0.2, 0) is 32.7 Å². The van der Waals surface area contributed by atoms with E-state index in [-0.39, 0.29) is 13.0 Å². The molecule has 0 aromatic rings. The molecule has 11 heteroatoms. The first-order chi connectivity index (χ1) is 25.7. The summed E-state index contributed by atoms with van der Waals surface area (Å²) < 4.78 is 33.2. The first kappa shape index (κ1) is 50.1. The minimum atomic E-state index is -4.63.